The number of azide groups is 1. The number of ether oxygens (including phenoxy) is 3. The van der Waals surface area contributed by atoms with E-state index in [0.29, 0.717) is 0 Å². The van der Waals surface area contributed by atoms with Crippen LogP contribution in [0.15, 0.2) is 64.6 Å². The van der Waals surface area contributed by atoms with E-state index in [1.54, 1.807) is 0 Å². The lowest BCUT2D eigenvalue weighted by atomic mass is 9.97. The van der Waals surface area contributed by atoms with Crippen LogP contribution in [0.3, 0.4) is 0 Å². The standard InChI is InChI=1S/C20H21N3O4S/c1-12-7-9-14(10-8-12)28-20-16(22-23-21)17(24)18-15(26-20)11-25-19(27-18)13-5-3-2-4-6-13/h2-10,15-20,24H,11H2,1H3/t15-,16?,17?,18?,19?,20+/m1/s1. The minimum Gasteiger partial charge on any atom is -0.390 e. The van der Waals surface area contributed by atoms with Crippen molar-refractivity contribution < 1.29 is 19.3 Å². The molecule has 2 saturated heterocycles. The van der Waals surface area contributed by atoms with Crippen LogP contribution in [0.1, 0.15) is 17.4 Å². The first kappa shape index (κ1) is 19.3. The summed E-state index contributed by atoms with van der Waals surface area (Å²) >= 11 is 1.42. The van der Waals surface area contributed by atoms with E-state index in [1.165, 1.54) is 11.8 Å². The molecule has 28 heavy (non-hydrogen) atoms. The van der Waals surface area contributed by atoms with E-state index in [4.69, 9.17) is 19.7 Å². The van der Waals surface area contributed by atoms with Gasteiger partial charge in [-0.1, -0.05) is 64.9 Å². The Morgan fingerprint density at radius 1 is 1.11 bits per heavy atom. The van der Waals surface area contributed by atoms with Crippen LogP contribution in [-0.4, -0.2) is 41.5 Å². The summed E-state index contributed by atoms with van der Waals surface area (Å²) in [7, 11) is 0. The number of aryl methyl sites for hydroxylation is 1. The topological polar surface area (TPSA) is 96.7 Å². The molecule has 2 fully saturated rings. The molecule has 0 spiro atoms. The highest BCUT2D eigenvalue weighted by Gasteiger charge is 2.49. The van der Waals surface area contributed by atoms with Gasteiger partial charge in [-0.05, 0) is 24.6 Å². The Hall–Kier alpha value is -2.06. The van der Waals surface area contributed by atoms with Gasteiger partial charge in [0.05, 0.1) is 12.7 Å². The quantitative estimate of drug-likeness (QED) is 0.477. The Labute approximate surface area is 167 Å². The maximum absolute atomic E-state index is 10.9. The molecule has 1 N–H and O–H groups in total. The highest BCUT2D eigenvalue weighted by Crippen LogP contribution is 2.40. The lowest BCUT2D eigenvalue weighted by Gasteiger charge is -2.46. The Morgan fingerprint density at radius 2 is 1.86 bits per heavy atom. The van der Waals surface area contributed by atoms with E-state index in [1.807, 2.05) is 61.5 Å². The van der Waals surface area contributed by atoms with Gasteiger partial charge in [-0.3, -0.25) is 0 Å². The molecule has 2 aromatic rings. The van der Waals surface area contributed by atoms with Crippen molar-refractivity contribution in [2.75, 3.05) is 6.61 Å². The fourth-order valence-electron chi connectivity index (χ4n) is 3.39. The van der Waals surface area contributed by atoms with Crippen LogP contribution in [0.5, 0.6) is 0 Å². The predicted octanol–water partition coefficient (Wildman–Crippen LogP) is 3.97. The van der Waals surface area contributed by atoms with Crippen LogP contribution in [0, 0.1) is 6.92 Å². The van der Waals surface area contributed by atoms with Crippen molar-refractivity contribution in [1.82, 2.24) is 0 Å². The molecule has 8 heteroatoms. The van der Waals surface area contributed by atoms with Crippen molar-refractivity contribution in [2.24, 2.45) is 5.11 Å². The molecule has 0 amide bonds. The van der Waals surface area contributed by atoms with Gasteiger partial charge >= 0.3 is 0 Å². The van der Waals surface area contributed by atoms with Crippen LogP contribution in [0.2, 0.25) is 0 Å². The average molecular weight is 399 g/mol. The lowest BCUT2D eigenvalue weighted by molar-refractivity contribution is -0.305. The number of hydrogen-bond donors (Lipinski definition) is 1. The first-order chi connectivity index (χ1) is 13.7. The predicted molar refractivity (Wildman–Crippen MR) is 105 cm³/mol. The zero-order valence-corrected chi connectivity index (χ0v) is 16.1. The van der Waals surface area contributed by atoms with E-state index in [0.717, 1.165) is 16.0 Å². The summed E-state index contributed by atoms with van der Waals surface area (Å²) in [6.45, 7) is 2.30. The van der Waals surface area contributed by atoms with Gasteiger partial charge in [-0.25, -0.2) is 0 Å². The van der Waals surface area contributed by atoms with Gasteiger partial charge in [0, 0.05) is 15.4 Å². The largest absolute Gasteiger partial charge is 0.390 e. The first-order valence-corrected chi connectivity index (χ1v) is 9.97. The molecule has 2 heterocycles. The Morgan fingerprint density at radius 3 is 2.57 bits per heavy atom. The van der Waals surface area contributed by atoms with E-state index >= 15 is 0 Å². The van der Waals surface area contributed by atoms with Gasteiger partial charge in [-0.2, -0.15) is 0 Å². The fourth-order valence-corrected chi connectivity index (χ4v) is 4.50. The fraction of sp³-hybridized carbons (Fsp3) is 0.400. The SMILES string of the molecule is Cc1ccc(S[C@@H]2O[C@@H]3COC(c4ccccc4)OC3C(O)C2N=[N+]=[N-])cc1. The number of aliphatic hydroxyl groups is 1. The summed E-state index contributed by atoms with van der Waals surface area (Å²) < 4.78 is 17.9. The minimum atomic E-state index is -0.993. The second-order valence-electron chi connectivity index (χ2n) is 6.84. The van der Waals surface area contributed by atoms with Gasteiger partial charge in [0.2, 0.25) is 0 Å². The van der Waals surface area contributed by atoms with Crippen molar-refractivity contribution in [3.63, 3.8) is 0 Å². The molecule has 4 unspecified atom stereocenters. The van der Waals surface area contributed by atoms with Gasteiger partial charge in [-0.15, -0.1) is 0 Å². The van der Waals surface area contributed by atoms with E-state index < -0.39 is 36.1 Å². The summed E-state index contributed by atoms with van der Waals surface area (Å²) in [5.41, 5.74) is 10.5. The Kier molecular flexibility index (Phi) is 5.87. The zero-order valence-electron chi connectivity index (χ0n) is 15.3. The van der Waals surface area contributed by atoms with E-state index in [2.05, 4.69) is 10.0 Å². The number of fused-ring (bicyclic) bond motifs is 1. The Balaban J connectivity index is 1.52. The van der Waals surface area contributed by atoms with Crippen molar-refractivity contribution in [3.8, 4) is 0 Å². The number of hydrogen-bond acceptors (Lipinski definition) is 6. The van der Waals surface area contributed by atoms with Crippen LogP contribution < -0.4 is 0 Å². The van der Waals surface area contributed by atoms with E-state index in [9.17, 15) is 5.11 Å². The highest BCUT2D eigenvalue weighted by atomic mass is 32.2. The third-order valence-corrected chi connectivity index (χ3v) is 6.03. The molecule has 146 valence electrons. The summed E-state index contributed by atoms with van der Waals surface area (Å²) in [5.74, 6) is 0. The number of rotatable bonds is 4. The van der Waals surface area contributed by atoms with Gasteiger partial charge in [0.25, 0.3) is 0 Å². The molecule has 0 aliphatic carbocycles. The molecule has 6 atom stereocenters. The zero-order chi connectivity index (χ0) is 19.5. The average Bonchev–Trinajstić information content (AvgIpc) is 2.73. The molecule has 7 nitrogen and oxygen atoms in total. The third kappa shape index (κ3) is 4.03. The van der Waals surface area contributed by atoms with Crippen LogP contribution in [0.4, 0.5) is 0 Å². The molecule has 2 aliphatic rings. The smallest absolute Gasteiger partial charge is 0.184 e. The lowest BCUT2D eigenvalue weighted by Crippen LogP contribution is -2.60. The Bertz CT molecular complexity index is 844. The highest BCUT2D eigenvalue weighted by molar-refractivity contribution is 7.99. The molecule has 2 aromatic carbocycles. The number of thioether (sulfide) groups is 1. The molecule has 0 bridgehead atoms. The second kappa shape index (κ2) is 8.53. The maximum Gasteiger partial charge on any atom is 0.184 e. The molecular weight excluding hydrogens is 378 g/mol. The van der Waals surface area contributed by atoms with Gasteiger partial charge in [0.15, 0.2) is 6.29 Å². The molecule has 0 aromatic heterocycles. The van der Waals surface area contributed by atoms with Gasteiger partial charge in [0.1, 0.15) is 23.7 Å². The van der Waals surface area contributed by atoms with Gasteiger partial charge < -0.3 is 19.3 Å². The monoisotopic (exact) mass is 399 g/mol. The number of benzene rings is 2. The van der Waals surface area contributed by atoms with Crippen LogP contribution >= 0.6 is 11.8 Å². The molecule has 0 radical (unpaired) electrons. The molecular formula is C20H21N3O4S. The second-order valence-corrected chi connectivity index (χ2v) is 8.01. The molecule has 4 rings (SSSR count). The molecule has 2 aliphatic heterocycles. The van der Waals surface area contributed by atoms with Crippen molar-refractivity contribution in [2.45, 2.75) is 47.9 Å². The summed E-state index contributed by atoms with van der Waals surface area (Å²) in [5, 5.41) is 14.7. The summed E-state index contributed by atoms with van der Waals surface area (Å²) in [4.78, 5) is 3.89. The third-order valence-electron chi connectivity index (χ3n) is 4.86. The number of aliphatic hydroxyl groups excluding tert-OH is 1. The van der Waals surface area contributed by atoms with Crippen LogP contribution in [0.25, 0.3) is 10.4 Å². The summed E-state index contributed by atoms with van der Waals surface area (Å²) in [6.07, 6.45) is -2.66. The summed E-state index contributed by atoms with van der Waals surface area (Å²) in [6, 6.07) is 16.7. The first-order valence-electron chi connectivity index (χ1n) is 9.09. The molecule has 0 saturated carbocycles. The van der Waals surface area contributed by atoms with Crippen molar-refractivity contribution >= 4 is 11.8 Å². The maximum atomic E-state index is 10.9. The number of nitrogens with zero attached hydrogens (tertiary/aromatic N) is 3. The normalized spacial score (nSPS) is 32.2. The minimum absolute atomic E-state index is 0.287. The van der Waals surface area contributed by atoms with Crippen molar-refractivity contribution in [1.29, 1.82) is 0 Å². The van der Waals surface area contributed by atoms with E-state index in [-0.39, 0.29) is 6.61 Å². The van der Waals surface area contributed by atoms with Crippen LogP contribution in [-0.2, 0) is 14.2 Å². The van der Waals surface area contributed by atoms with Crippen molar-refractivity contribution in [3.05, 3.63) is 76.2 Å².